The topological polar surface area (TPSA) is 97.6 Å². The van der Waals surface area contributed by atoms with Crippen molar-refractivity contribution in [3.8, 4) is 17.0 Å². The van der Waals surface area contributed by atoms with Gasteiger partial charge in [0, 0.05) is 48.1 Å². The summed E-state index contributed by atoms with van der Waals surface area (Å²) in [5, 5.41) is 3.84. The first-order chi connectivity index (χ1) is 17.4. The van der Waals surface area contributed by atoms with Crippen molar-refractivity contribution in [2.45, 2.75) is 26.2 Å². The number of hydrogen-bond acceptors (Lipinski definition) is 8. The minimum Gasteiger partial charge on any atom is -0.496 e. The molecule has 0 bridgehead atoms. The van der Waals surface area contributed by atoms with Crippen LogP contribution < -0.4 is 20.6 Å². The van der Waals surface area contributed by atoms with Crippen LogP contribution in [0.4, 0.5) is 21.7 Å². The second kappa shape index (κ2) is 9.77. The van der Waals surface area contributed by atoms with E-state index in [1.165, 1.54) is 26.2 Å². The van der Waals surface area contributed by atoms with Gasteiger partial charge in [0.05, 0.1) is 18.5 Å². The van der Waals surface area contributed by atoms with Gasteiger partial charge in [-0.25, -0.2) is 19.2 Å². The van der Waals surface area contributed by atoms with Gasteiger partial charge in [-0.1, -0.05) is 0 Å². The summed E-state index contributed by atoms with van der Waals surface area (Å²) in [5.74, 6) is -0.0526. The van der Waals surface area contributed by atoms with Crippen molar-refractivity contribution < 1.29 is 18.3 Å². The molecule has 1 saturated heterocycles. The highest BCUT2D eigenvalue weighted by molar-refractivity contribution is 6.07. The third-order valence-corrected chi connectivity index (χ3v) is 6.26. The molecule has 2 aromatic heterocycles. The first-order valence-corrected chi connectivity index (χ1v) is 11.8. The van der Waals surface area contributed by atoms with Gasteiger partial charge in [0.1, 0.15) is 22.7 Å². The van der Waals surface area contributed by atoms with Crippen LogP contribution in [0.3, 0.4) is 0 Å². The summed E-state index contributed by atoms with van der Waals surface area (Å²) in [6, 6.07) is 11.3. The minimum absolute atomic E-state index is 0.0920. The average Bonchev–Trinajstić information content (AvgIpc) is 2.88. The Bertz CT molecular complexity index is 1510. The van der Waals surface area contributed by atoms with E-state index in [0.717, 1.165) is 32.4 Å². The van der Waals surface area contributed by atoms with E-state index in [1.807, 2.05) is 12.1 Å². The number of fused-ring (bicyclic) bond motifs is 1. The number of carbonyl (C=O) groups is 1. The molecule has 0 spiro atoms. The lowest BCUT2D eigenvalue weighted by Gasteiger charge is -2.30. The summed E-state index contributed by atoms with van der Waals surface area (Å²) in [5.41, 5.74) is 2.23. The average molecular weight is 489 g/mol. The number of rotatable bonds is 6. The number of nitrogens with one attached hydrogen (secondary N) is 1. The number of methoxy groups -OCH3 is 1. The van der Waals surface area contributed by atoms with E-state index >= 15 is 0 Å². The molecule has 2 aromatic carbocycles. The Hall–Kier alpha value is -4.27. The van der Waals surface area contributed by atoms with Gasteiger partial charge < -0.3 is 19.4 Å². The second-order valence-corrected chi connectivity index (χ2v) is 8.66. The van der Waals surface area contributed by atoms with Crippen LogP contribution in [0.15, 0.2) is 57.9 Å². The molecule has 1 aliphatic rings. The number of halogens is 1. The zero-order chi connectivity index (χ0) is 25.2. The number of aromatic nitrogens is 2. The Kier molecular flexibility index (Phi) is 6.37. The number of benzene rings is 2. The second-order valence-electron chi connectivity index (χ2n) is 8.66. The van der Waals surface area contributed by atoms with E-state index in [4.69, 9.17) is 9.15 Å². The lowest BCUT2D eigenvalue weighted by molar-refractivity contribution is 0.101. The summed E-state index contributed by atoms with van der Waals surface area (Å²) in [6.07, 6.45) is 4.72. The lowest BCUT2D eigenvalue weighted by atomic mass is 10.0. The molecular weight excluding hydrogens is 463 g/mol. The number of ether oxygens (including phenoxy) is 1. The standard InChI is InChI=1S/C27H25FN4O4/c1-16(33)24-25(32-12-4-3-5-13-32)20-9-7-18(15-23(20)36-26(24)34)30-27-29-11-10-21(31-27)19-8-6-17(28)14-22(19)35-2/h6-11,14-15H,3-5,12-13H2,1-2H3,(H,29,30,31). The zero-order valence-electron chi connectivity index (χ0n) is 20.0. The molecule has 0 aliphatic carbocycles. The summed E-state index contributed by atoms with van der Waals surface area (Å²) in [6.45, 7) is 2.96. The van der Waals surface area contributed by atoms with E-state index in [1.54, 1.807) is 24.4 Å². The fourth-order valence-electron chi connectivity index (χ4n) is 4.59. The third kappa shape index (κ3) is 4.51. The predicted molar refractivity (Wildman–Crippen MR) is 136 cm³/mol. The Morgan fingerprint density at radius 3 is 2.67 bits per heavy atom. The molecular formula is C27H25FN4O4. The molecule has 9 heteroatoms. The van der Waals surface area contributed by atoms with Crippen molar-refractivity contribution in [3.63, 3.8) is 0 Å². The van der Waals surface area contributed by atoms with Gasteiger partial charge in [0.15, 0.2) is 5.78 Å². The Labute approximate surface area is 206 Å². The van der Waals surface area contributed by atoms with Gasteiger partial charge in [-0.2, -0.15) is 0 Å². The molecule has 0 unspecified atom stereocenters. The molecule has 184 valence electrons. The van der Waals surface area contributed by atoms with Crippen LogP contribution in [-0.4, -0.2) is 36.0 Å². The lowest BCUT2D eigenvalue weighted by Crippen LogP contribution is -2.32. The summed E-state index contributed by atoms with van der Waals surface area (Å²) >= 11 is 0. The highest BCUT2D eigenvalue weighted by Crippen LogP contribution is 2.34. The van der Waals surface area contributed by atoms with E-state index in [0.29, 0.717) is 45.3 Å². The van der Waals surface area contributed by atoms with Crippen molar-refractivity contribution in [3.05, 3.63) is 70.5 Å². The maximum absolute atomic E-state index is 13.6. The molecule has 36 heavy (non-hydrogen) atoms. The molecule has 5 rings (SSSR count). The molecule has 0 amide bonds. The smallest absolute Gasteiger partial charge is 0.349 e. The van der Waals surface area contributed by atoms with Crippen LogP contribution in [0.2, 0.25) is 0 Å². The van der Waals surface area contributed by atoms with Crippen LogP contribution in [0, 0.1) is 5.82 Å². The fourth-order valence-corrected chi connectivity index (χ4v) is 4.59. The quantitative estimate of drug-likeness (QED) is 0.287. The number of piperidine rings is 1. The Balaban J connectivity index is 1.52. The molecule has 1 aliphatic heterocycles. The van der Waals surface area contributed by atoms with Crippen LogP contribution in [0.1, 0.15) is 36.5 Å². The van der Waals surface area contributed by atoms with Crippen LogP contribution >= 0.6 is 0 Å². The highest BCUT2D eigenvalue weighted by atomic mass is 19.1. The van der Waals surface area contributed by atoms with Crippen molar-refractivity contribution in [2.75, 3.05) is 30.4 Å². The van der Waals surface area contributed by atoms with E-state index in [9.17, 15) is 14.0 Å². The normalized spacial score (nSPS) is 13.6. The van der Waals surface area contributed by atoms with Crippen molar-refractivity contribution in [1.82, 2.24) is 9.97 Å². The number of ketones is 1. The largest absolute Gasteiger partial charge is 0.496 e. The molecule has 0 radical (unpaired) electrons. The first kappa shape index (κ1) is 23.5. The molecule has 1 fully saturated rings. The number of hydrogen-bond donors (Lipinski definition) is 1. The van der Waals surface area contributed by atoms with Crippen molar-refractivity contribution in [2.24, 2.45) is 0 Å². The Morgan fingerprint density at radius 1 is 1.11 bits per heavy atom. The molecule has 0 saturated carbocycles. The minimum atomic E-state index is -0.644. The van der Waals surface area contributed by atoms with Gasteiger partial charge >= 0.3 is 5.63 Å². The van der Waals surface area contributed by atoms with Crippen LogP contribution in [0.5, 0.6) is 5.75 Å². The highest BCUT2D eigenvalue weighted by Gasteiger charge is 2.24. The molecule has 1 N–H and O–H groups in total. The van der Waals surface area contributed by atoms with E-state index < -0.39 is 11.4 Å². The Morgan fingerprint density at radius 2 is 1.92 bits per heavy atom. The SMILES string of the molecule is COc1cc(F)ccc1-c1ccnc(Nc2ccc3c(N4CCCCC4)c(C(C)=O)c(=O)oc3c2)n1. The molecule has 3 heterocycles. The molecule has 4 aromatic rings. The van der Waals surface area contributed by atoms with Crippen LogP contribution in [-0.2, 0) is 0 Å². The maximum Gasteiger partial charge on any atom is 0.349 e. The summed E-state index contributed by atoms with van der Waals surface area (Å²) in [4.78, 5) is 36.1. The van der Waals surface area contributed by atoms with Gasteiger partial charge in [-0.05, 0) is 56.5 Å². The summed E-state index contributed by atoms with van der Waals surface area (Å²) < 4.78 is 24.5. The molecule has 0 atom stereocenters. The van der Waals surface area contributed by atoms with Gasteiger partial charge in [-0.15, -0.1) is 0 Å². The number of Topliss-reactive ketones (excluding diaryl/α,β-unsaturated/α-hetero) is 1. The van der Waals surface area contributed by atoms with Gasteiger partial charge in [0.25, 0.3) is 0 Å². The monoisotopic (exact) mass is 488 g/mol. The maximum atomic E-state index is 13.6. The number of anilines is 3. The number of nitrogens with zero attached hydrogens (tertiary/aromatic N) is 3. The van der Waals surface area contributed by atoms with Gasteiger partial charge in [0.2, 0.25) is 5.95 Å². The zero-order valence-corrected chi connectivity index (χ0v) is 20.0. The van der Waals surface area contributed by atoms with E-state index in [2.05, 4.69) is 20.2 Å². The third-order valence-electron chi connectivity index (χ3n) is 6.26. The number of carbonyl (C=O) groups excluding carboxylic acids is 1. The fraction of sp³-hybridized carbons (Fsp3) is 0.259. The van der Waals surface area contributed by atoms with Crippen LogP contribution in [0.25, 0.3) is 22.2 Å². The van der Waals surface area contributed by atoms with Gasteiger partial charge in [-0.3, -0.25) is 4.79 Å². The summed E-state index contributed by atoms with van der Waals surface area (Å²) in [7, 11) is 1.47. The molecule has 8 nitrogen and oxygen atoms in total. The first-order valence-electron chi connectivity index (χ1n) is 11.8. The van der Waals surface area contributed by atoms with E-state index in [-0.39, 0.29) is 11.3 Å². The predicted octanol–water partition coefficient (Wildman–Crippen LogP) is 5.33. The van der Waals surface area contributed by atoms with Crippen molar-refractivity contribution >= 4 is 34.1 Å². The van der Waals surface area contributed by atoms with Crippen molar-refractivity contribution in [1.29, 1.82) is 0 Å².